The van der Waals surface area contributed by atoms with E-state index >= 15 is 0 Å². The monoisotopic (exact) mass is 592 g/mol. The fourth-order valence-electron chi connectivity index (χ4n) is 6.65. The maximum atomic E-state index is 14.4. The van der Waals surface area contributed by atoms with E-state index in [0.717, 1.165) is 0 Å². The number of aliphatic hydroxyl groups is 3. The molecular weight excluding hydrogens is 560 g/mol. The fourth-order valence-corrected chi connectivity index (χ4v) is 6.65. The molecule has 2 aromatic rings. The van der Waals surface area contributed by atoms with E-state index in [9.17, 15) is 39.6 Å². The average Bonchev–Trinajstić information content (AvgIpc) is 2.96. The quantitative estimate of drug-likeness (QED) is 0.231. The Kier molecular flexibility index (Phi) is 7.53. The molecule has 1 saturated carbocycles. The number of hydrogen-bond acceptors (Lipinski definition) is 11. The van der Waals surface area contributed by atoms with Crippen LogP contribution in [0.25, 0.3) is 5.76 Å². The average molecular weight is 593 g/mol. The van der Waals surface area contributed by atoms with E-state index in [1.165, 1.54) is 38.1 Å². The second-order valence-electron chi connectivity index (χ2n) is 11.0. The Labute approximate surface area is 246 Å². The number of carbonyl (C=O) groups is 4. The summed E-state index contributed by atoms with van der Waals surface area (Å²) >= 11 is 0. The van der Waals surface area contributed by atoms with Gasteiger partial charge in [-0.25, -0.2) is 0 Å². The third-order valence-corrected chi connectivity index (χ3v) is 8.50. The number of para-hydroxylation sites is 1. The molecule has 0 bridgehead atoms. The lowest BCUT2D eigenvalue weighted by Gasteiger charge is -2.54. The third-order valence-electron chi connectivity index (χ3n) is 8.50. The lowest BCUT2D eigenvalue weighted by molar-refractivity contribution is -0.185. The number of likely N-dealkylation sites (N-methyl/N-ethyl adjacent to an activating group) is 1. The molecule has 0 unspecified atom stereocenters. The van der Waals surface area contributed by atoms with Crippen molar-refractivity contribution in [3.05, 3.63) is 76.6 Å². The molecule has 0 aromatic heterocycles. The number of fused-ring (bicyclic) bond motifs is 3. The summed E-state index contributed by atoms with van der Waals surface area (Å²) in [5, 5.41) is 45.7. The van der Waals surface area contributed by atoms with Crippen molar-refractivity contribution in [2.24, 2.45) is 17.6 Å². The van der Waals surface area contributed by atoms with E-state index in [4.69, 9.17) is 15.2 Å². The number of phenols is 1. The highest BCUT2D eigenvalue weighted by molar-refractivity contribution is 6.24. The van der Waals surface area contributed by atoms with Gasteiger partial charge in [-0.2, -0.15) is 0 Å². The molecule has 226 valence electrons. The van der Waals surface area contributed by atoms with Crippen LogP contribution < -0.4 is 10.5 Å². The van der Waals surface area contributed by atoms with E-state index in [-0.39, 0.29) is 24.3 Å². The van der Waals surface area contributed by atoms with Crippen LogP contribution in [-0.4, -0.2) is 87.2 Å². The Morgan fingerprint density at radius 1 is 1.02 bits per heavy atom. The van der Waals surface area contributed by atoms with Gasteiger partial charge in [-0.1, -0.05) is 37.3 Å². The Hall–Kier alpha value is -4.68. The number of ketones is 2. The predicted molar refractivity (Wildman–Crippen MR) is 151 cm³/mol. The molecule has 0 spiro atoms. The summed E-state index contributed by atoms with van der Waals surface area (Å²) in [5.74, 6) is -9.99. The molecule has 12 heteroatoms. The molecule has 0 heterocycles. The van der Waals surface area contributed by atoms with Crippen molar-refractivity contribution < 1.29 is 49.1 Å². The van der Waals surface area contributed by atoms with E-state index in [1.54, 1.807) is 36.4 Å². The summed E-state index contributed by atoms with van der Waals surface area (Å²) in [7, 11) is 2.92. The third kappa shape index (κ3) is 4.45. The molecule has 12 nitrogen and oxygen atoms in total. The van der Waals surface area contributed by atoms with Gasteiger partial charge in [0.1, 0.15) is 34.7 Å². The van der Waals surface area contributed by atoms with E-state index in [1.807, 2.05) is 0 Å². The van der Waals surface area contributed by atoms with Gasteiger partial charge < -0.3 is 35.6 Å². The van der Waals surface area contributed by atoms with Gasteiger partial charge in [0.25, 0.3) is 5.91 Å². The summed E-state index contributed by atoms with van der Waals surface area (Å²) < 4.78 is 12.0. The number of nitrogens with two attached hydrogens (primary N) is 1. The van der Waals surface area contributed by atoms with Crippen LogP contribution in [0.4, 0.5) is 0 Å². The lowest BCUT2D eigenvalue weighted by atomic mass is 9.54. The number of primary amides is 1. The summed E-state index contributed by atoms with van der Waals surface area (Å²) in [6.45, 7) is 1.38. The molecule has 5 rings (SSSR count). The molecular formula is C31H32N2O10. The predicted octanol–water partition coefficient (Wildman–Crippen LogP) is 1.52. The molecule has 0 saturated heterocycles. The zero-order chi connectivity index (χ0) is 31.4. The largest absolute Gasteiger partial charge is 0.508 e. The first-order valence-electron chi connectivity index (χ1n) is 13.7. The first-order chi connectivity index (χ1) is 20.4. The van der Waals surface area contributed by atoms with E-state index in [0.29, 0.717) is 11.3 Å². The Morgan fingerprint density at radius 3 is 2.30 bits per heavy atom. The number of esters is 1. The first-order valence-corrected chi connectivity index (χ1v) is 13.7. The van der Waals surface area contributed by atoms with Crippen molar-refractivity contribution in [1.29, 1.82) is 0 Å². The van der Waals surface area contributed by atoms with Gasteiger partial charge in [0.05, 0.1) is 24.1 Å². The molecule has 1 fully saturated rings. The van der Waals surface area contributed by atoms with Crippen molar-refractivity contribution in [2.75, 3.05) is 20.7 Å². The number of aromatic hydroxyl groups is 1. The van der Waals surface area contributed by atoms with Gasteiger partial charge in [-0.15, -0.1) is 0 Å². The molecule has 3 aliphatic rings. The summed E-state index contributed by atoms with van der Waals surface area (Å²) in [5.41, 5.74) is 1.21. The number of Topliss-reactive ketones (excluding diaryl/α,β-unsaturated/α-hetero) is 2. The SMILES string of the molecule is CCC(=O)O[C@H]1[C@H]2C(=C(O)c3c(O)cccc3[C@H]2COc2ccccc2)C(=O)[C@]2(O)C(O)=C(C(N)=O)C(=O)[C@@H](N(C)C)[C@H]12. The molecule has 43 heavy (non-hydrogen) atoms. The number of aliphatic hydroxyl groups excluding tert-OH is 2. The maximum absolute atomic E-state index is 14.4. The Morgan fingerprint density at radius 2 is 1.70 bits per heavy atom. The lowest BCUT2D eigenvalue weighted by Crippen LogP contribution is -2.71. The highest BCUT2D eigenvalue weighted by Crippen LogP contribution is 2.57. The standard InChI is InChI=1S/C31H32N2O10/c1-4-18(35)43-27-20-16(13-42-14-9-6-5-7-10-14)15-11-8-12-17(34)19(15)25(36)21(20)28(38)31(41)23(27)24(33(2)3)26(37)22(29(31)39)30(32)40/h5-12,16,20,23-24,27,34,36,39,41H,4,13H2,1-3H3,(H2,32,40)/t16-,20-,23-,24+,27+,31+/m1/s1. The number of phenolic OH excluding ortho intramolecular Hbond substituents is 1. The van der Waals surface area contributed by atoms with Gasteiger partial charge in [0.15, 0.2) is 11.4 Å². The van der Waals surface area contributed by atoms with Crippen molar-refractivity contribution in [3.8, 4) is 11.5 Å². The minimum Gasteiger partial charge on any atom is -0.508 e. The van der Waals surface area contributed by atoms with Gasteiger partial charge in [-0.3, -0.25) is 24.1 Å². The van der Waals surface area contributed by atoms with Gasteiger partial charge in [-0.05, 0) is 37.9 Å². The van der Waals surface area contributed by atoms with Crippen molar-refractivity contribution in [1.82, 2.24) is 4.90 Å². The van der Waals surface area contributed by atoms with Crippen LogP contribution in [0.2, 0.25) is 0 Å². The van der Waals surface area contributed by atoms with Crippen LogP contribution in [0.15, 0.2) is 65.4 Å². The zero-order valence-electron chi connectivity index (χ0n) is 23.7. The van der Waals surface area contributed by atoms with Crippen LogP contribution in [0.3, 0.4) is 0 Å². The number of hydrogen-bond donors (Lipinski definition) is 5. The van der Waals surface area contributed by atoms with E-state index < -0.39 is 81.6 Å². The summed E-state index contributed by atoms with van der Waals surface area (Å²) in [4.78, 5) is 54.6. The van der Waals surface area contributed by atoms with Crippen LogP contribution in [0.5, 0.6) is 11.5 Å². The smallest absolute Gasteiger partial charge is 0.305 e. The minimum atomic E-state index is -3.02. The second kappa shape index (κ2) is 10.9. The molecule has 2 aromatic carbocycles. The van der Waals surface area contributed by atoms with Crippen LogP contribution >= 0.6 is 0 Å². The van der Waals surface area contributed by atoms with Gasteiger partial charge in [0, 0.05) is 23.8 Å². The van der Waals surface area contributed by atoms with Crippen LogP contribution in [-0.2, 0) is 23.9 Å². The number of rotatable bonds is 7. The highest BCUT2D eigenvalue weighted by Gasteiger charge is 2.70. The number of nitrogens with zero attached hydrogens (tertiary/aromatic N) is 1. The topological polar surface area (TPSA) is 197 Å². The zero-order valence-corrected chi connectivity index (χ0v) is 23.7. The fraction of sp³-hybridized carbons (Fsp3) is 0.355. The molecule has 6 N–H and O–H groups in total. The van der Waals surface area contributed by atoms with Crippen molar-refractivity contribution >= 4 is 29.2 Å². The van der Waals surface area contributed by atoms with E-state index in [2.05, 4.69) is 0 Å². The Balaban J connectivity index is 1.82. The number of benzene rings is 2. The van der Waals surface area contributed by atoms with Crippen LogP contribution in [0, 0.1) is 11.8 Å². The first kappa shape index (κ1) is 29.8. The molecule has 1 amide bonds. The van der Waals surface area contributed by atoms with Crippen molar-refractivity contribution in [2.45, 2.75) is 37.0 Å². The summed E-state index contributed by atoms with van der Waals surface area (Å²) in [6.07, 6.45) is -1.63. The van der Waals surface area contributed by atoms with Crippen molar-refractivity contribution in [3.63, 3.8) is 0 Å². The van der Waals surface area contributed by atoms with Crippen LogP contribution in [0.1, 0.15) is 30.4 Å². The Bertz CT molecular complexity index is 1580. The molecule has 3 aliphatic carbocycles. The normalized spacial score (nSPS) is 28.3. The second-order valence-corrected chi connectivity index (χ2v) is 11.0. The molecule has 6 atom stereocenters. The molecule has 0 radical (unpaired) electrons. The number of ether oxygens (including phenoxy) is 2. The molecule has 0 aliphatic heterocycles. The van der Waals surface area contributed by atoms with Gasteiger partial charge in [0.2, 0.25) is 5.78 Å². The maximum Gasteiger partial charge on any atom is 0.305 e. The summed E-state index contributed by atoms with van der Waals surface area (Å²) in [6, 6.07) is 11.7. The number of amides is 1. The minimum absolute atomic E-state index is 0.110. The highest BCUT2D eigenvalue weighted by atomic mass is 16.5. The number of carbonyl (C=O) groups excluding carboxylic acids is 4. The van der Waals surface area contributed by atoms with Gasteiger partial charge >= 0.3 is 5.97 Å².